The lowest BCUT2D eigenvalue weighted by atomic mass is 10.1. The topological polar surface area (TPSA) is 85.6 Å². The van der Waals surface area contributed by atoms with E-state index < -0.39 is 0 Å². The van der Waals surface area contributed by atoms with Crippen LogP contribution in [0.3, 0.4) is 0 Å². The molecule has 2 N–H and O–H groups in total. The molecule has 0 spiro atoms. The number of aromatic nitrogens is 4. The van der Waals surface area contributed by atoms with Crippen LogP contribution in [0.4, 0.5) is 5.82 Å². The van der Waals surface area contributed by atoms with Crippen molar-refractivity contribution in [1.29, 1.82) is 0 Å². The van der Waals surface area contributed by atoms with Crippen LogP contribution in [0.1, 0.15) is 37.3 Å². The lowest BCUT2D eigenvalue weighted by molar-refractivity contribution is 0.405. The molecule has 152 valence electrons. The molecule has 0 amide bonds. The monoisotopic (exact) mass is 394 g/mol. The van der Waals surface area contributed by atoms with E-state index >= 15 is 0 Å². The number of nitrogens with zero attached hydrogens (tertiary/aromatic N) is 4. The number of methoxy groups -OCH3 is 2. The van der Waals surface area contributed by atoms with E-state index in [1.807, 2.05) is 28.9 Å². The smallest absolute Gasteiger partial charge is 0.169 e. The van der Waals surface area contributed by atoms with Gasteiger partial charge in [-0.05, 0) is 44.4 Å². The van der Waals surface area contributed by atoms with Gasteiger partial charge in [0.2, 0.25) is 0 Å². The molecule has 2 fully saturated rings. The van der Waals surface area contributed by atoms with Crippen LogP contribution in [0.15, 0.2) is 24.4 Å². The number of hydrogen-bond donors (Lipinski definition) is 2. The van der Waals surface area contributed by atoms with E-state index in [0.717, 1.165) is 78.8 Å². The maximum atomic E-state index is 5.54. The first-order valence-corrected chi connectivity index (χ1v) is 10.2. The Bertz CT molecular complexity index is 1020. The summed E-state index contributed by atoms with van der Waals surface area (Å²) in [4.78, 5) is 9.40. The second kappa shape index (κ2) is 7.51. The predicted molar refractivity (Wildman–Crippen MR) is 111 cm³/mol. The summed E-state index contributed by atoms with van der Waals surface area (Å²) in [5.74, 6) is 2.78. The van der Waals surface area contributed by atoms with E-state index in [2.05, 4.69) is 15.6 Å². The second-order valence-electron chi connectivity index (χ2n) is 7.72. The van der Waals surface area contributed by atoms with Gasteiger partial charge in [-0.15, -0.1) is 0 Å². The largest absolute Gasteiger partial charge is 0.495 e. The maximum absolute atomic E-state index is 5.54. The zero-order valence-corrected chi connectivity index (χ0v) is 16.8. The molecule has 1 aliphatic carbocycles. The summed E-state index contributed by atoms with van der Waals surface area (Å²) in [6.45, 7) is 2.00. The van der Waals surface area contributed by atoms with E-state index in [1.54, 1.807) is 14.2 Å². The van der Waals surface area contributed by atoms with Crippen molar-refractivity contribution in [2.24, 2.45) is 0 Å². The number of imidazole rings is 1. The van der Waals surface area contributed by atoms with Crippen LogP contribution in [-0.4, -0.2) is 52.9 Å². The highest BCUT2D eigenvalue weighted by atomic mass is 16.5. The molecule has 0 aromatic carbocycles. The minimum Gasteiger partial charge on any atom is -0.495 e. The minimum absolute atomic E-state index is 0.339. The molecule has 1 saturated carbocycles. The van der Waals surface area contributed by atoms with Gasteiger partial charge in [0.15, 0.2) is 17.2 Å². The van der Waals surface area contributed by atoms with Crippen LogP contribution < -0.4 is 20.1 Å². The zero-order valence-electron chi connectivity index (χ0n) is 16.8. The highest BCUT2D eigenvalue weighted by Crippen LogP contribution is 2.43. The molecule has 8 nitrogen and oxygen atoms in total. The van der Waals surface area contributed by atoms with Crippen molar-refractivity contribution in [3.63, 3.8) is 0 Å². The van der Waals surface area contributed by atoms with Gasteiger partial charge in [0.05, 0.1) is 26.1 Å². The number of pyridine rings is 1. The summed E-state index contributed by atoms with van der Waals surface area (Å²) in [5, 5.41) is 11.8. The first-order chi connectivity index (χ1) is 14.3. The van der Waals surface area contributed by atoms with E-state index in [9.17, 15) is 0 Å². The van der Waals surface area contributed by atoms with Gasteiger partial charge >= 0.3 is 0 Å². The molecule has 8 heteroatoms. The summed E-state index contributed by atoms with van der Waals surface area (Å²) >= 11 is 0. The fourth-order valence-corrected chi connectivity index (χ4v) is 3.92. The molecular formula is C21H26N6O2. The van der Waals surface area contributed by atoms with Crippen molar-refractivity contribution in [2.45, 2.75) is 37.6 Å². The number of nitrogens with one attached hydrogen (secondary N) is 2. The Morgan fingerprint density at radius 1 is 1.14 bits per heavy atom. The number of ether oxygens (including phenoxy) is 2. The number of fused-ring (bicyclic) bond motifs is 1. The Labute approximate surface area is 169 Å². The van der Waals surface area contributed by atoms with E-state index in [1.165, 1.54) is 0 Å². The fraction of sp³-hybridized carbons (Fsp3) is 0.476. The van der Waals surface area contributed by atoms with E-state index in [4.69, 9.17) is 19.6 Å². The van der Waals surface area contributed by atoms with Crippen molar-refractivity contribution in [3.8, 4) is 22.9 Å². The lowest BCUT2D eigenvalue weighted by Gasteiger charge is -2.25. The first kappa shape index (κ1) is 18.2. The third kappa shape index (κ3) is 3.48. The quantitative estimate of drug-likeness (QED) is 0.665. The first-order valence-electron chi connectivity index (χ1n) is 10.2. The van der Waals surface area contributed by atoms with Gasteiger partial charge in [-0.25, -0.2) is 14.5 Å². The third-order valence-corrected chi connectivity index (χ3v) is 5.65. The van der Waals surface area contributed by atoms with Crippen LogP contribution >= 0.6 is 0 Å². The van der Waals surface area contributed by atoms with Gasteiger partial charge in [-0.2, -0.15) is 5.10 Å². The standard InChI is InChI=1S/C21H26N6O2/c1-28-17-8-7-15(25-21(17)24-14-4-3-9-22-11-14)16-12-23-19-10-18(29-2)20(13-5-6-13)26-27(16)19/h7-8,10,12-14,22H,3-6,9,11H2,1-2H3,(H,24,25)/t14-/m1/s1. The molecule has 0 radical (unpaired) electrons. The van der Waals surface area contributed by atoms with E-state index in [-0.39, 0.29) is 0 Å². The second-order valence-corrected chi connectivity index (χ2v) is 7.72. The summed E-state index contributed by atoms with van der Waals surface area (Å²) in [6, 6.07) is 6.20. The molecule has 0 bridgehead atoms. The predicted octanol–water partition coefficient (Wildman–Crippen LogP) is 2.85. The minimum atomic E-state index is 0.339. The van der Waals surface area contributed by atoms with Gasteiger partial charge < -0.3 is 20.1 Å². The van der Waals surface area contributed by atoms with Crippen LogP contribution in [-0.2, 0) is 0 Å². The van der Waals surface area contributed by atoms with Crippen molar-refractivity contribution < 1.29 is 9.47 Å². The van der Waals surface area contributed by atoms with Crippen LogP contribution in [0.25, 0.3) is 17.0 Å². The summed E-state index contributed by atoms with van der Waals surface area (Å²) < 4.78 is 12.9. The number of rotatable bonds is 6. The summed E-state index contributed by atoms with van der Waals surface area (Å²) in [6.07, 6.45) is 6.40. The Morgan fingerprint density at radius 2 is 2.00 bits per heavy atom. The number of piperidine rings is 1. The Balaban J connectivity index is 1.53. The average Bonchev–Trinajstić information content (AvgIpc) is 3.53. The van der Waals surface area contributed by atoms with Crippen molar-refractivity contribution in [2.75, 3.05) is 32.6 Å². The molecule has 3 aromatic rings. The SMILES string of the molecule is COc1ccc(-c2cnc3cc(OC)c(C4CC4)nn23)nc1N[C@@H]1CCCNC1. The fourth-order valence-electron chi connectivity index (χ4n) is 3.92. The highest BCUT2D eigenvalue weighted by Gasteiger charge is 2.30. The third-order valence-electron chi connectivity index (χ3n) is 5.65. The zero-order chi connectivity index (χ0) is 19.8. The van der Waals surface area contributed by atoms with Gasteiger partial charge in [0.1, 0.15) is 17.1 Å². The molecule has 1 saturated heterocycles. The normalized spacial score (nSPS) is 19.3. The lowest BCUT2D eigenvalue weighted by Crippen LogP contribution is -2.38. The molecule has 4 heterocycles. The Hall–Kier alpha value is -2.87. The van der Waals surface area contributed by atoms with Gasteiger partial charge in [-0.3, -0.25) is 0 Å². The molecule has 0 unspecified atom stereocenters. The van der Waals surface area contributed by atoms with Crippen molar-refractivity contribution in [3.05, 3.63) is 30.1 Å². The molecular weight excluding hydrogens is 368 g/mol. The maximum Gasteiger partial charge on any atom is 0.169 e. The molecule has 29 heavy (non-hydrogen) atoms. The molecule has 3 aromatic heterocycles. The van der Waals surface area contributed by atoms with Crippen molar-refractivity contribution in [1.82, 2.24) is 24.9 Å². The molecule has 1 atom stereocenters. The number of anilines is 1. The summed E-state index contributed by atoms with van der Waals surface area (Å²) in [5.41, 5.74) is 3.42. The van der Waals surface area contributed by atoms with Gasteiger partial charge in [0, 0.05) is 24.6 Å². The molecule has 1 aliphatic heterocycles. The Kier molecular flexibility index (Phi) is 4.71. The van der Waals surface area contributed by atoms with Crippen LogP contribution in [0, 0.1) is 0 Å². The molecule has 5 rings (SSSR count). The van der Waals surface area contributed by atoms with Gasteiger partial charge in [-0.1, -0.05) is 0 Å². The van der Waals surface area contributed by atoms with Gasteiger partial charge in [0.25, 0.3) is 0 Å². The highest BCUT2D eigenvalue weighted by molar-refractivity contribution is 5.65. The van der Waals surface area contributed by atoms with Crippen molar-refractivity contribution >= 4 is 11.5 Å². The summed E-state index contributed by atoms with van der Waals surface area (Å²) in [7, 11) is 3.36. The average molecular weight is 394 g/mol. The van der Waals surface area contributed by atoms with Crippen LogP contribution in [0.5, 0.6) is 11.5 Å². The number of hydrogen-bond acceptors (Lipinski definition) is 7. The molecule has 2 aliphatic rings. The Morgan fingerprint density at radius 3 is 2.72 bits per heavy atom. The van der Waals surface area contributed by atoms with Crippen LogP contribution in [0.2, 0.25) is 0 Å². The van der Waals surface area contributed by atoms with E-state index in [0.29, 0.717) is 12.0 Å².